The zero-order valence-corrected chi connectivity index (χ0v) is 14.3. The lowest BCUT2D eigenvalue weighted by atomic mass is 9.89. The molecule has 0 saturated heterocycles. The van der Waals surface area contributed by atoms with Crippen molar-refractivity contribution in [1.29, 1.82) is 0 Å². The molecule has 2 N–H and O–H groups in total. The molecule has 1 saturated carbocycles. The molecule has 1 fully saturated rings. The summed E-state index contributed by atoms with van der Waals surface area (Å²) in [5.41, 5.74) is 2.18. The zero-order chi connectivity index (χ0) is 16.3. The van der Waals surface area contributed by atoms with Crippen LogP contribution in [0.4, 0.5) is 0 Å². The Hall–Kier alpha value is -0.870. The van der Waals surface area contributed by atoms with Gasteiger partial charge in [0.2, 0.25) is 0 Å². The largest absolute Gasteiger partial charge is 0.472 e. The van der Waals surface area contributed by atoms with Crippen molar-refractivity contribution in [2.24, 2.45) is 5.92 Å². The fraction of sp³-hybridized carbons (Fsp3) is 0.625. The molecular weight excluding hydrogens is 303 g/mol. The van der Waals surface area contributed by atoms with Crippen LogP contribution in [0.3, 0.4) is 0 Å². The highest BCUT2D eigenvalue weighted by Crippen LogP contribution is 2.47. The first-order valence-electron chi connectivity index (χ1n) is 7.79. The second-order valence-corrected chi connectivity index (χ2v) is 7.32. The topological polar surface area (TPSA) is 76.0 Å². The molecule has 0 amide bonds. The van der Waals surface area contributed by atoms with Gasteiger partial charge in [0.05, 0.1) is 0 Å². The number of phosphoric ester groups is 1. The van der Waals surface area contributed by atoms with E-state index < -0.39 is 14.6 Å². The predicted octanol–water partition coefficient (Wildman–Crippen LogP) is 4.16. The molecule has 0 spiro atoms. The lowest BCUT2D eigenvalue weighted by molar-refractivity contribution is 0.0808. The van der Waals surface area contributed by atoms with Crippen molar-refractivity contribution in [3.8, 4) is 5.75 Å². The van der Waals surface area contributed by atoms with Crippen molar-refractivity contribution in [2.45, 2.75) is 51.9 Å². The summed E-state index contributed by atoms with van der Waals surface area (Å²) in [6, 6.07) is 6.10. The monoisotopic (exact) mass is 328 g/mol. The third-order valence-electron chi connectivity index (χ3n) is 4.46. The van der Waals surface area contributed by atoms with Gasteiger partial charge in [-0.05, 0) is 48.1 Å². The molecule has 22 heavy (non-hydrogen) atoms. The number of benzene rings is 1. The van der Waals surface area contributed by atoms with E-state index in [1.165, 1.54) is 12.8 Å². The number of para-hydroxylation sites is 1. The molecule has 0 bridgehead atoms. The molecule has 0 aliphatic heterocycles. The first kappa shape index (κ1) is 17.5. The van der Waals surface area contributed by atoms with E-state index in [9.17, 15) is 4.57 Å². The maximum atomic E-state index is 10.8. The zero-order valence-electron chi connectivity index (χ0n) is 13.4. The van der Waals surface area contributed by atoms with Crippen molar-refractivity contribution in [2.75, 3.05) is 6.79 Å². The smallest absolute Gasteiger partial charge is 0.466 e. The minimum Gasteiger partial charge on any atom is -0.466 e. The minimum atomic E-state index is -4.52. The van der Waals surface area contributed by atoms with Gasteiger partial charge in [-0.3, -0.25) is 0 Å². The van der Waals surface area contributed by atoms with E-state index in [4.69, 9.17) is 14.5 Å². The summed E-state index contributed by atoms with van der Waals surface area (Å²) in [7, 11) is -4.52. The molecule has 6 heteroatoms. The van der Waals surface area contributed by atoms with E-state index in [0.717, 1.165) is 23.3 Å². The van der Waals surface area contributed by atoms with E-state index in [0.29, 0.717) is 17.8 Å². The SMILES string of the molecule is CCC(C)c1cccc(C(C)C2CC2)c1OCOP(=O)(O)O. The Bertz CT molecular complexity index is 549. The summed E-state index contributed by atoms with van der Waals surface area (Å²) in [5, 5.41) is 0. The Kier molecular flexibility index (Phi) is 5.67. The highest BCUT2D eigenvalue weighted by atomic mass is 31.2. The second kappa shape index (κ2) is 7.14. The average molecular weight is 328 g/mol. The minimum absolute atomic E-state index is 0.316. The van der Waals surface area contributed by atoms with Gasteiger partial charge >= 0.3 is 7.82 Å². The molecule has 2 atom stereocenters. The third kappa shape index (κ3) is 4.56. The summed E-state index contributed by atoms with van der Waals surface area (Å²) in [5.74, 6) is 2.10. The lowest BCUT2D eigenvalue weighted by Crippen LogP contribution is -2.09. The number of hydrogen-bond donors (Lipinski definition) is 2. The molecule has 5 nitrogen and oxygen atoms in total. The van der Waals surface area contributed by atoms with Gasteiger partial charge in [0, 0.05) is 0 Å². The molecule has 1 aromatic carbocycles. The Morgan fingerprint density at radius 2 is 1.91 bits per heavy atom. The molecule has 124 valence electrons. The first-order valence-corrected chi connectivity index (χ1v) is 9.32. The van der Waals surface area contributed by atoms with Crippen LogP contribution in [-0.2, 0) is 9.09 Å². The van der Waals surface area contributed by atoms with Gasteiger partial charge < -0.3 is 14.5 Å². The maximum Gasteiger partial charge on any atom is 0.472 e. The van der Waals surface area contributed by atoms with Crippen LogP contribution in [0.15, 0.2) is 18.2 Å². The summed E-state index contributed by atoms with van der Waals surface area (Å²) in [4.78, 5) is 17.6. The van der Waals surface area contributed by atoms with Crippen LogP contribution < -0.4 is 4.74 Å². The van der Waals surface area contributed by atoms with Crippen LogP contribution >= 0.6 is 7.82 Å². The van der Waals surface area contributed by atoms with Crippen LogP contribution in [0, 0.1) is 5.92 Å². The van der Waals surface area contributed by atoms with Crippen LogP contribution in [-0.4, -0.2) is 16.6 Å². The van der Waals surface area contributed by atoms with Crippen molar-refractivity contribution in [3.63, 3.8) is 0 Å². The second-order valence-electron chi connectivity index (χ2n) is 6.08. The standard InChI is InChI=1S/C16H25O5P/c1-4-11(2)14-6-5-7-15(12(3)13-8-9-13)16(14)20-10-21-22(17,18)19/h5-7,11-13H,4,8-10H2,1-3H3,(H2,17,18,19). The average Bonchev–Trinajstić information content (AvgIpc) is 3.29. The van der Waals surface area contributed by atoms with Gasteiger partial charge in [-0.25, -0.2) is 9.09 Å². The Balaban J connectivity index is 2.26. The summed E-state index contributed by atoms with van der Waals surface area (Å²) in [6.45, 7) is 5.97. The predicted molar refractivity (Wildman–Crippen MR) is 84.9 cm³/mol. The molecular formula is C16H25O5P. The molecule has 2 rings (SSSR count). The summed E-state index contributed by atoms with van der Waals surface area (Å²) in [6.07, 6.45) is 3.43. The molecule has 1 aliphatic carbocycles. The lowest BCUT2D eigenvalue weighted by Gasteiger charge is -2.22. The highest BCUT2D eigenvalue weighted by molar-refractivity contribution is 7.46. The van der Waals surface area contributed by atoms with Crippen molar-refractivity contribution >= 4 is 7.82 Å². The van der Waals surface area contributed by atoms with Crippen LogP contribution in [0.1, 0.15) is 63.0 Å². The third-order valence-corrected chi connectivity index (χ3v) is 4.90. The van der Waals surface area contributed by atoms with Crippen LogP contribution in [0.5, 0.6) is 5.75 Å². The molecule has 1 aliphatic rings. The van der Waals surface area contributed by atoms with Gasteiger partial charge in [0.1, 0.15) is 5.75 Å². The Morgan fingerprint density at radius 3 is 2.45 bits per heavy atom. The van der Waals surface area contributed by atoms with E-state index in [-0.39, 0.29) is 0 Å². The molecule has 0 aromatic heterocycles. The van der Waals surface area contributed by atoms with Gasteiger partial charge in [0.25, 0.3) is 0 Å². The number of phosphoric acid groups is 1. The summed E-state index contributed by atoms with van der Waals surface area (Å²) >= 11 is 0. The van der Waals surface area contributed by atoms with Gasteiger partial charge in [-0.2, -0.15) is 0 Å². The number of ether oxygens (including phenoxy) is 1. The quantitative estimate of drug-likeness (QED) is 0.553. The normalized spacial score (nSPS) is 18.0. The van der Waals surface area contributed by atoms with Crippen molar-refractivity contribution in [3.05, 3.63) is 29.3 Å². The van der Waals surface area contributed by atoms with Gasteiger partial charge in [-0.15, -0.1) is 0 Å². The summed E-state index contributed by atoms with van der Waals surface area (Å²) < 4.78 is 20.9. The van der Waals surface area contributed by atoms with Gasteiger partial charge in [-0.1, -0.05) is 39.0 Å². The van der Waals surface area contributed by atoms with E-state index in [1.807, 2.05) is 18.2 Å². The van der Waals surface area contributed by atoms with Crippen LogP contribution in [0.2, 0.25) is 0 Å². The van der Waals surface area contributed by atoms with Crippen molar-refractivity contribution < 1.29 is 23.6 Å². The fourth-order valence-electron chi connectivity index (χ4n) is 2.71. The fourth-order valence-corrected chi connectivity index (χ4v) is 2.90. The van der Waals surface area contributed by atoms with Crippen LogP contribution in [0.25, 0.3) is 0 Å². The number of hydrogen-bond acceptors (Lipinski definition) is 3. The van der Waals surface area contributed by atoms with E-state index >= 15 is 0 Å². The van der Waals surface area contributed by atoms with E-state index in [2.05, 4.69) is 25.3 Å². The molecule has 0 heterocycles. The maximum absolute atomic E-state index is 10.8. The van der Waals surface area contributed by atoms with E-state index in [1.54, 1.807) is 0 Å². The molecule has 1 aromatic rings. The Labute approximate surface area is 131 Å². The number of rotatable bonds is 8. The molecule has 0 radical (unpaired) electrons. The highest BCUT2D eigenvalue weighted by Gasteiger charge is 2.31. The first-order chi connectivity index (χ1) is 10.3. The molecule has 2 unspecified atom stereocenters. The van der Waals surface area contributed by atoms with Crippen molar-refractivity contribution in [1.82, 2.24) is 0 Å². The van der Waals surface area contributed by atoms with Gasteiger partial charge in [0.15, 0.2) is 6.79 Å². The Morgan fingerprint density at radius 1 is 1.27 bits per heavy atom.